The van der Waals surface area contributed by atoms with E-state index in [4.69, 9.17) is 0 Å². The Morgan fingerprint density at radius 3 is 2.30 bits per heavy atom. The number of rotatable bonds is 0. The number of nitrogens with zero attached hydrogens (tertiary/aromatic N) is 1. The summed E-state index contributed by atoms with van der Waals surface area (Å²) in [5.74, 6) is 0. The Bertz CT molecular complexity index is 224. The molecule has 0 radical (unpaired) electrons. The Balaban J connectivity index is 3.05. The van der Waals surface area contributed by atoms with Crippen molar-refractivity contribution >= 4 is 33.9 Å². The zero-order valence-corrected chi connectivity index (χ0v) is 9.28. The summed E-state index contributed by atoms with van der Waals surface area (Å²) in [5, 5.41) is 0. The third-order valence-electron chi connectivity index (χ3n) is 1.23. The highest BCUT2D eigenvalue weighted by atomic mass is 127. The minimum absolute atomic E-state index is 0.205. The predicted octanol–water partition coefficient (Wildman–Crippen LogP) is 3.05. The Morgan fingerprint density at radius 2 is 2.10 bits per heavy atom. The van der Waals surface area contributed by atoms with Crippen molar-refractivity contribution in [2.45, 2.75) is 26.2 Å². The minimum Gasteiger partial charge on any atom is -0.248 e. The monoisotopic (exact) mass is 267 g/mol. The molecule has 0 spiro atoms. The van der Waals surface area contributed by atoms with Gasteiger partial charge < -0.3 is 0 Å². The molecule has 1 rings (SSSR count). The summed E-state index contributed by atoms with van der Waals surface area (Å²) < 4.78 is 1.31. The van der Waals surface area contributed by atoms with Gasteiger partial charge in [-0.2, -0.15) is 0 Å². The normalized spacial score (nSPS) is 12.0. The number of aromatic nitrogens is 1. The van der Waals surface area contributed by atoms with Crippen LogP contribution < -0.4 is 0 Å². The van der Waals surface area contributed by atoms with E-state index >= 15 is 0 Å². The van der Waals surface area contributed by atoms with Crippen LogP contribution in [0.3, 0.4) is 0 Å². The molecule has 0 saturated heterocycles. The molecule has 0 aliphatic heterocycles. The highest BCUT2D eigenvalue weighted by Crippen LogP contribution is 2.27. The van der Waals surface area contributed by atoms with Crippen LogP contribution in [0.2, 0.25) is 0 Å². The SMILES string of the molecule is CC(C)(C)c1ncsc1I. The van der Waals surface area contributed by atoms with Crippen LogP contribution in [-0.2, 0) is 5.41 Å². The Hall–Kier alpha value is 0.360. The molecule has 0 atom stereocenters. The number of hydrogen-bond donors (Lipinski definition) is 0. The van der Waals surface area contributed by atoms with Crippen LogP contribution in [0.25, 0.3) is 0 Å². The topological polar surface area (TPSA) is 12.9 Å². The van der Waals surface area contributed by atoms with Gasteiger partial charge >= 0.3 is 0 Å². The van der Waals surface area contributed by atoms with Gasteiger partial charge in [-0.05, 0) is 22.6 Å². The van der Waals surface area contributed by atoms with E-state index in [-0.39, 0.29) is 5.41 Å². The fraction of sp³-hybridized carbons (Fsp3) is 0.571. The molecule has 0 aliphatic rings. The molecular weight excluding hydrogens is 257 g/mol. The van der Waals surface area contributed by atoms with Gasteiger partial charge in [0.25, 0.3) is 0 Å². The maximum Gasteiger partial charge on any atom is 0.0889 e. The number of halogens is 1. The molecule has 1 heterocycles. The van der Waals surface area contributed by atoms with E-state index < -0.39 is 0 Å². The van der Waals surface area contributed by atoms with Gasteiger partial charge in [-0.15, -0.1) is 11.3 Å². The second-order valence-corrected chi connectivity index (χ2v) is 5.89. The maximum absolute atomic E-state index is 4.30. The summed E-state index contributed by atoms with van der Waals surface area (Å²) in [6, 6.07) is 0. The molecular formula is C7H10INS. The van der Waals surface area contributed by atoms with Crippen molar-refractivity contribution in [3.63, 3.8) is 0 Å². The zero-order valence-electron chi connectivity index (χ0n) is 6.31. The van der Waals surface area contributed by atoms with Crippen LogP contribution in [0.4, 0.5) is 0 Å². The van der Waals surface area contributed by atoms with Gasteiger partial charge in [0.15, 0.2) is 0 Å². The molecule has 0 N–H and O–H groups in total. The molecule has 56 valence electrons. The van der Waals surface area contributed by atoms with Crippen LogP contribution in [0, 0.1) is 2.88 Å². The second kappa shape index (κ2) is 2.77. The van der Waals surface area contributed by atoms with Gasteiger partial charge in [0.05, 0.1) is 14.1 Å². The first-order chi connectivity index (χ1) is 4.52. The molecule has 1 nitrogen and oxygen atoms in total. The van der Waals surface area contributed by atoms with E-state index in [1.807, 2.05) is 5.51 Å². The van der Waals surface area contributed by atoms with E-state index in [1.54, 1.807) is 11.3 Å². The second-order valence-electron chi connectivity index (χ2n) is 3.22. The van der Waals surface area contributed by atoms with Crippen LogP contribution in [0.15, 0.2) is 5.51 Å². The summed E-state index contributed by atoms with van der Waals surface area (Å²) in [7, 11) is 0. The molecule has 0 aromatic carbocycles. The molecule has 0 amide bonds. The smallest absolute Gasteiger partial charge is 0.0889 e. The molecule has 0 bridgehead atoms. The van der Waals surface area contributed by atoms with E-state index in [2.05, 4.69) is 48.3 Å². The Labute approximate surface area is 79.0 Å². The van der Waals surface area contributed by atoms with Crippen molar-refractivity contribution in [3.8, 4) is 0 Å². The first-order valence-electron chi connectivity index (χ1n) is 3.11. The third kappa shape index (κ3) is 1.69. The lowest BCUT2D eigenvalue weighted by Crippen LogP contribution is -2.12. The highest BCUT2D eigenvalue weighted by molar-refractivity contribution is 14.1. The first-order valence-corrected chi connectivity index (χ1v) is 5.07. The van der Waals surface area contributed by atoms with Crippen LogP contribution in [-0.4, -0.2) is 4.98 Å². The molecule has 0 unspecified atom stereocenters. The summed E-state index contributed by atoms with van der Waals surface area (Å²) in [5.41, 5.74) is 3.33. The van der Waals surface area contributed by atoms with Crippen LogP contribution in [0.1, 0.15) is 26.5 Å². The maximum atomic E-state index is 4.30. The van der Waals surface area contributed by atoms with Gasteiger partial charge in [-0.25, -0.2) is 4.98 Å². The van der Waals surface area contributed by atoms with E-state index in [9.17, 15) is 0 Å². The minimum atomic E-state index is 0.205. The molecule has 1 aromatic heterocycles. The standard InChI is InChI=1S/C7H10INS/c1-7(2,3)5-6(8)10-4-9-5/h4H,1-3H3. The molecule has 0 fully saturated rings. The van der Waals surface area contributed by atoms with Gasteiger partial charge in [0, 0.05) is 5.41 Å². The van der Waals surface area contributed by atoms with Crippen molar-refractivity contribution in [3.05, 3.63) is 14.1 Å². The largest absolute Gasteiger partial charge is 0.248 e. The summed E-state index contributed by atoms with van der Waals surface area (Å²) >= 11 is 4.04. The molecule has 10 heavy (non-hydrogen) atoms. The summed E-state index contributed by atoms with van der Waals surface area (Å²) in [4.78, 5) is 4.30. The fourth-order valence-corrected chi connectivity index (χ4v) is 2.73. The Morgan fingerprint density at radius 1 is 1.50 bits per heavy atom. The van der Waals surface area contributed by atoms with Crippen molar-refractivity contribution in [2.24, 2.45) is 0 Å². The van der Waals surface area contributed by atoms with Crippen LogP contribution in [0.5, 0.6) is 0 Å². The first kappa shape index (κ1) is 8.46. The summed E-state index contributed by atoms with van der Waals surface area (Å²) in [6.45, 7) is 6.55. The van der Waals surface area contributed by atoms with E-state index in [0.717, 1.165) is 0 Å². The highest BCUT2D eigenvalue weighted by Gasteiger charge is 2.18. The average molecular weight is 267 g/mol. The lowest BCUT2D eigenvalue weighted by atomic mass is 9.93. The quantitative estimate of drug-likeness (QED) is 0.658. The predicted molar refractivity (Wildman–Crippen MR) is 53.5 cm³/mol. The lowest BCUT2D eigenvalue weighted by molar-refractivity contribution is 0.570. The van der Waals surface area contributed by atoms with Crippen LogP contribution >= 0.6 is 33.9 Å². The van der Waals surface area contributed by atoms with Crippen molar-refractivity contribution in [1.82, 2.24) is 4.98 Å². The van der Waals surface area contributed by atoms with Gasteiger partial charge in [0.2, 0.25) is 0 Å². The number of thiazole rings is 1. The molecule has 3 heteroatoms. The van der Waals surface area contributed by atoms with Gasteiger partial charge in [0.1, 0.15) is 0 Å². The van der Waals surface area contributed by atoms with Gasteiger partial charge in [-0.3, -0.25) is 0 Å². The average Bonchev–Trinajstić information content (AvgIpc) is 2.11. The third-order valence-corrected chi connectivity index (χ3v) is 3.12. The molecule has 0 saturated carbocycles. The van der Waals surface area contributed by atoms with Crippen molar-refractivity contribution < 1.29 is 0 Å². The lowest BCUT2D eigenvalue weighted by Gasteiger charge is -2.15. The molecule has 0 aliphatic carbocycles. The van der Waals surface area contributed by atoms with E-state index in [0.29, 0.717) is 0 Å². The van der Waals surface area contributed by atoms with E-state index in [1.165, 1.54) is 8.58 Å². The Kier molecular flexibility index (Phi) is 2.34. The van der Waals surface area contributed by atoms with Crippen molar-refractivity contribution in [2.75, 3.05) is 0 Å². The molecule has 1 aromatic rings. The summed E-state index contributed by atoms with van der Waals surface area (Å²) in [6.07, 6.45) is 0. The van der Waals surface area contributed by atoms with Crippen molar-refractivity contribution in [1.29, 1.82) is 0 Å². The fourth-order valence-electron chi connectivity index (χ4n) is 0.720. The number of hydrogen-bond acceptors (Lipinski definition) is 2. The zero-order chi connectivity index (χ0) is 7.78. The van der Waals surface area contributed by atoms with Gasteiger partial charge in [-0.1, -0.05) is 20.8 Å².